The highest BCUT2D eigenvalue weighted by atomic mass is 32.1. The lowest BCUT2D eigenvalue weighted by molar-refractivity contribution is 0.0684. The molecule has 0 saturated carbocycles. The Kier molecular flexibility index (Phi) is 5.45. The van der Waals surface area contributed by atoms with Crippen LogP contribution in [0.2, 0.25) is 0 Å². The van der Waals surface area contributed by atoms with E-state index in [1.54, 1.807) is 0 Å². The minimum Gasteiger partial charge on any atom is -0.382 e. The summed E-state index contributed by atoms with van der Waals surface area (Å²) in [6, 6.07) is 0.342. The molecule has 5 nitrogen and oxygen atoms in total. The molecule has 2 N–H and O–H groups in total. The number of aromatic nitrogens is 1. The van der Waals surface area contributed by atoms with Crippen molar-refractivity contribution in [3.05, 3.63) is 4.88 Å². The normalized spacial score (nSPS) is 19.4. The molecule has 1 unspecified atom stereocenters. The number of anilines is 2. The number of rotatable bonds is 4. The second-order valence-corrected chi connectivity index (χ2v) is 6.61. The average Bonchev–Trinajstić information content (AvgIpc) is 2.73. The van der Waals surface area contributed by atoms with E-state index in [1.165, 1.54) is 24.2 Å². The van der Waals surface area contributed by atoms with Gasteiger partial charge in [0.2, 0.25) is 0 Å². The smallest absolute Gasteiger partial charge is 0.268 e. The first-order chi connectivity index (χ1) is 10.1. The highest BCUT2D eigenvalue weighted by molar-refractivity contribution is 7.18. The number of hydrogen-bond donors (Lipinski definition) is 1. The molecule has 0 aliphatic carbocycles. The summed E-state index contributed by atoms with van der Waals surface area (Å²) in [5.74, 6) is 0.439. The zero-order chi connectivity index (χ0) is 15.4. The molecule has 1 aromatic heterocycles. The summed E-state index contributed by atoms with van der Waals surface area (Å²) >= 11 is 1.41. The molecule has 0 spiro atoms. The monoisotopic (exact) mass is 310 g/mol. The summed E-state index contributed by atoms with van der Waals surface area (Å²) in [7, 11) is 1.97. The van der Waals surface area contributed by atoms with Gasteiger partial charge in [0.15, 0.2) is 5.13 Å². The molecule has 6 heteroatoms. The second-order valence-electron chi connectivity index (χ2n) is 5.63. The topological polar surface area (TPSA) is 62.5 Å². The van der Waals surface area contributed by atoms with E-state index in [9.17, 15) is 4.79 Å². The minimum atomic E-state index is 0.0644. The zero-order valence-electron chi connectivity index (χ0n) is 13.3. The van der Waals surface area contributed by atoms with Crippen LogP contribution in [0.1, 0.15) is 55.6 Å². The Morgan fingerprint density at radius 3 is 2.86 bits per heavy atom. The van der Waals surface area contributed by atoms with Crippen molar-refractivity contribution in [2.75, 3.05) is 30.8 Å². The van der Waals surface area contributed by atoms with Gasteiger partial charge in [0, 0.05) is 26.2 Å². The summed E-state index contributed by atoms with van der Waals surface area (Å²) in [5.41, 5.74) is 5.99. The van der Waals surface area contributed by atoms with E-state index in [0.717, 1.165) is 37.5 Å². The Balaban J connectivity index is 2.23. The van der Waals surface area contributed by atoms with Crippen LogP contribution in [-0.2, 0) is 0 Å². The number of nitrogens with two attached hydrogens (primary N) is 1. The van der Waals surface area contributed by atoms with Crippen LogP contribution in [-0.4, -0.2) is 42.0 Å². The molecule has 0 radical (unpaired) electrons. The van der Waals surface area contributed by atoms with Crippen molar-refractivity contribution in [2.45, 2.75) is 52.0 Å². The van der Waals surface area contributed by atoms with Crippen LogP contribution >= 0.6 is 11.3 Å². The number of nitrogens with zero attached hydrogens (tertiary/aromatic N) is 3. The molecule has 1 aliphatic heterocycles. The van der Waals surface area contributed by atoms with Gasteiger partial charge in [0.25, 0.3) is 5.91 Å². The van der Waals surface area contributed by atoms with Crippen LogP contribution in [0.4, 0.5) is 10.9 Å². The molecule has 2 heterocycles. The van der Waals surface area contributed by atoms with Crippen molar-refractivity contribution in [1.29, 1.82) is 0 Å². The summed E-state index contributed by atoms with van der Waals surface area (Å²) in [5, 5.41) is 0.821. The minimum absolute atomic E-state index is 0.0644. The van der Waals surface area contributed by atoms with Gasteiger partial charge in [-0.05, 0) is 26.2 Å². The van der Waals surface area contributed by atoms with Crippen LogP contribution in [0, 0.1) is 0 Å². The van der Waals surface area contributed by atoms with Gasteiger partial charge in [-0.25, -0.2) is 4.98 Å². The van der Waals surface area contributed by atoms with Crippen LogP contribution in [0.25, 0.3) is 0 Å². The van der Waals surface area contributed by atoms with E-state index < -0.39 is 0 Å². The van der Waals surface area contributed by atoms with E-state index in [0.29, 0.717) is 16.7 Å². The summed E-state index contributed by atoms with van der Waals surface area (Å²) in [6.07, 6.45) is 5.62. The Hall–Kier alpha value is -1.30. The van der Waals surface area contributed by atoms with Crippen molar-refractivity contribution >= 4 is 28.2 Å². The number of carbonyl (C=O) groups excluding carboxylic acids is 1. The maximum atomic E-state index is 12.9. The largest absolute Gasteiger partial charge is 0.382 e. The molecule has 118 valence electrons. The van der Waals surface area contributed by atoms with Gasteiger partial charge in [-0.3, -0.25) is 4.79 Å². The number of hydrogen-bond acceptors (Lipinski definition) is 5. The highest BCUT2D eigenvalue weighted by Gasteiger charge is 2.28. The summed E-state index contributed by atoms with van der Waals surface area (Å²) < 4.78 is 0. The van der Waals surface area contributed by atoms with Gasteiger partial charge >= 0.3 is 0 Å². The van der Waals surface area contributed by atoms with Gasteiger partial charge in [-0.15, -0.1) is 0 Å². The predicted octanol–water partition coefficient (Wildman–Crippen LogP) is 2.98. The number of likely N-dealkylation sites (tertiary alicyclic amines) is 1. The van der Waals surface area contributed by atoms with Crippen LogP contribution < -0.4 is 10.6 Å². The van der Waals surface area contributed by atoms with Crippen molar-refractivity contribution in [3.63, 3.8) is 0 Å². The number of nitrogen functional groups attached to an aromatic ring is 1. The van der Waals surface area contributed by atoms with Crippen LogP contribution in [0.3, 0.4) is 0 Å². The number of amides is 1. The molecule has 1 saturated heterocycles. The zero-order valence-corrected chi connectivity index (χ0v) is 14.1. The number of carbonyl (C=O) groups is 1. The third-order valence-corrected chi connectivity index (χ3v) is 5.42. The lowest BCUT2D eigenvalue weighted by Gasteiger charge is -2.28. The Labute approximate surface area is 131 Å². The van der Waals surface area contributed by atoms with Gasteiger partial charge in [0.05, 0.1) is 0 Å². The van der Waals surface area contributed by atoms with Gasteiger partial charge in [-0.2, -0.15) is 0 Å². The molecule has 0 bridgehead atoms. The molecule has 0 aromatic carbocycles. The highest BCUT2D eigenvalue weighted by Crippen LogP contribution is 2.30. The first-order valence-electron chi connectivity index (χ1n) is 7.86. The predicted molar refractivity (Wildman–Crippen MR) is 89.1 cm³/mol. The quantitative estimate of drug-likeness (QED) is 0.928. The van der Waals surface area contributed by atoms with Gasteiger partial charge < -0.3 is 15.5 Å². The standard InChI is InChI=1S/C15H26N4OS/c1-4-11-9-7-6-8-10-19(11)14(20)12-13(16)17-15(21-12)18(3)5-2/h11H,4-10,16H2,1-3H3. The molecule has 2 rings (SSSR count). The fourth-order valence-corrected chi connectivity index (χ4v) is 3.74. The fourth-order valence-electron chi connectivity index (χ4n) is 2.77. The van der Waals surface area contributed by atoms with E-state index in [4.69, 9.17) is 5.73 Å². The van der Waals surface area contributed by atoms with E-state index in [2.05, 4.69) is 18.8 Å². The van der Waals surface area contributed by atoms with E-state index in [1.807, 2.05) is 16.8 Å². The molecule has 21 heavy (non-hydrogen) atoms. The summed E-state index contributed by atoms with van der Waals surface area (Å²) in [4.78, 5) is 21.8. The Morgan fingerprint density at radius 1 is 1.43 bits per heavy atom. The lowest BCUT2D eigenvalue weighted by atomic mass is 10.1. The third kappa shape index (κ3) is 3.48. The van der Waals surface area contributed by atoms with E-state index >= 15 is 0 Å². The van der Waals surface area contributed by atoms with Gasteiger partial charge in [0.1, 0.15) is 10.7 Å². The lowest BCUT2D eigenvalue weighted by Crippen LogP contribution is -2.39. The Bertz CT molecular complexity index is 488. The second kappa shape index (κ2) is 7.11. The van der Waals surface area contributed by atoms with Crippen LogP contribution in [0.5, 0.6) is 0 Å². The SMILES string of the molecule is CCC1CCCCCN1C(=O)c1sc(N(C)CC)nc1N. The molecule has 1 atom stereocenters. The molecule has 1 aliphatic rings. The average molecular weight is 310 g/mol. The maximum absolute atomic E-state index is 12.9. The van der Waals surface area contributed by atoms with Crippen molar-refractivity contribution < 1.29 is 4.79 Å². The molecule has 1 aromatic rings. The Morgan fingerprint density at radius 2 is 2.19 bits per heavy atom. The van der Waals surface area contributed by atoms with Crippen LogP contribution in [0.15, 0.2) is 0 Å². The van der Waals surface area contributed by atoms with Crippen molar-refractivity contribution in [3.8, 4) is 0 Å². The number of thiazole rings is 1. The van der Waals surface area contributed by atoms with Gasteiger partial charge in [-0.1, -0.05) is 31.1 Å². The molecular formula is C15H26N4OS. The molecular weight excluding hydrogens is 284 g/mol. The molecule has 1 amide bonds. The maximum Gasteiger partial charge on any atom is 0.268 e. The fraction of sp³-hybridized carbons (Fsp3) is 0.733. The first kappa shape index (κ1) is 16.1. The third-order valence-electron chi connectivity index (χ3n) is 4.25. The van der Waals surface area contributed by atoms with Crippen molar-refractivity contribution in [1.82, 2.24) is 9.88 Å². The first-order valence-corrected chi connectivity index (χ1v) is 8.68. The summed E-state index contributed by atoms with van der Waals surface area (Å²) in [6.45, 7) is 5.90. The van der Waals surface area contributed by atoms with Crippen molar-refractivity contribution in [2.24, 2.45) is 0 Å². The van der Waals surface area contributed by atoms with E-state index in [-0.39, 0.29) is 5.91 Å². The molecule has 1 fully saturated rings.